The maximum absolute atomic E-state index is 12.7. The van der Waals surface area contributed by atoms with E-state index in [2.05, 4.69) is 46.4 Å². The Morgan fingerprint density at radius 2 is 1.84 bits per heavy atom. The van der Waals surface area contributed by atoms with Crippen molar-refractivity contribution in [2.24, 2.45) is 10.4 Å². The molecule has 5 nitrogen and oxygen atoms in total. The molecule has 0 unspecified atom stereocenters. The van der Waals surface area contributed by atoms with Crippen LogP contribution in [0.2, 0.25) is 0 Å². The smallest absolute Gasteiger partial charge is 0.230 e. The van der Waals surface area contributed by atoms with Crippen LogP contribution in [0, 0.1) is 12.3 Å². The van der Waals surface area contributed by atoms with Crippen molar-refractivity contribution in [1.82, 2.24) is 15.1 Å². The van der Waals surface area contributed by atoms with Gasteiger partial charge in [-0.05, 0) is 30.9 Å². The number of nitrogens with one attached hydrogen (secondary N) is 1. The molecule has 2 rings (SSSR count). The summed E-state index contributed by atoms with van der Waals surface area (Å²) < 4.78 is 0. The van der Waals surface area contributed by atoms with Gasteiger partial charge in [0.15, 0.2) is 5.96 Å². The Kier molecular flexibility index (Phi) is 6.45. The van der Waals surface area contributed by atoms with E-state index in [-0.39, 0.29) is 11.3 Å². The molecule has 0 radical (unpaired) electrons. The molecule has 1 aromatic rings. The molecule has 5 heteroatoms. The average molecular weight is 345 g/mol. The minimum Gasteiger partial charge on any atom is -0.355 e. The van der Waals surface area contributed by atoms with Crippen LogP contribution in [0.5, 0.6) is 0 Å². The molecule has 0 aliphatic heterocycles. The molecular weight excluding hydrogens is 312 g/mol. The third-order valence-electron chi connectivity index (χ3n) is 5.25. The minimum absolute atomic E-state index is 0.231. The first-order chi connectivity index (χ1) is 11.9. The van der Waals surface area contributed by atoms with Crippen molar-refractivity contribution in [2.45, 2.75) is 39.2 Å². The number of guanidine groups is 1. The highest BCUT2D eigenvalue weighted by Crippen LogP contribution is 2.38. The van der Waals surface area contributed by atoms with Crippen molar-refractivity contribution in [3.05, 3.63) is 35.4 Å². The summed E-state index contributed by atoms with van der Waals surface area (Å²) in [7, 11) is 7.53. The van der Waals surface area contributed by atoms with Gasteiger partial charge >= 0.3 is 0 Å². The van der Waals surface area contributed by atoms with Gasteiger partial charge in [-0.2, -0.15) is 0 Å². The molecule has 0 atom stereocenters. The molecule has 1 saturated carbocycles. The zero-order valence-electron chi connectivity index (χ0n) is 16.3. The van der Waals surface area contributed by atoms with E-state index in [9.17, 15) is 4.79 Å². The van der Waals surface area contributed by atoms with Crippen LogP contribution in [-0.2, 0) is 11.3 Å². The van der Waals surface area contributed by atoms with Crippen molar-refractivity contribution in [3.8, 4) is 0 Å². The van der Waals surface area contributed by atoms with Crippen LogP contribution in [0.25, 0.3) is 0 Å². The van der Waals surface area contributed by atoms with Crippen molar-refractivity contribution >= 4 is 11.9 Å². The summed E-state index contributed by atoms with van der Waals surface area (Å²) in [5, 5.41) is 3.46. The van der Waals surface area contributed by atoms with Crippen LogP contribution in [0.15, 0.2) is 29.3 Å². The van der Waals surface area contributed by atoms with E-state index in [4.69, 9.17) is 0 Å². The second-order valence-corrected chi connectivity index (χ2v) is 7.37. The molecular formula is C20H32N4O. The number of aryl methyl sites for hydroxylation is 1. The van der Waals surface area contributed by atoms with Gasteiger partial charge in [-0.3, -0.25) is 9.79 Å². The predicted octanol–water partition coefficient (Wildman–Crippen LogP) is 2.65. The number of benzene rings is 1. The molecule has 1 aliphatic carbocycles. The fourth-order valence-electron chi connectivity index (χ4n) is 3.74. The van der Waals surface area contributed by atoms with Crippen LogP contribution >= 0.6 is 0 Å². The summed E-state index contributed by atoms with van der Waals surface area (Å²) in [6.07, 6.45) is 4.16. The summed E-state index contributed by atoms with van der Waals surface area (Å²) in [6, 6.07) is 8.40. The Morgan fingerprint density at radius 1 is 1.20 bits per heavy atom. The van der Waals surface area contributed by atoms with Crippen molar-refractivity contribution in [2.75, 3.05) is 34.7 Å². The van der Waals surface area contributed by atoms with Crippen LogP contribution in [0.3, 0.4) is 0 Å². The van der Waals surface area contributed by atoms with Gasteiger partial charge < -0.3 is 15.1 Å². The standard InChI is InChI=1S/C20H32N4O/c1-16-10-6-7-11-17(16)14-24(5)19(21-2)22-15-20(12-8-9-13-20)18(25)23(3)4/h6-7,10-11H,8-9,12-15H2,1-5H3,(H,21,22). The quantitative estimate of drug-likeness (QED) is 0.660. The Hall–Kier alpha value is -2.04. The van der Waals surface area contributed by atoms with Crippen molar-refractivity contribution in [3.63, 3.8) is 0 Å². The van der Waals surface area contributed by atoms with Gasteiger partial charge in [0.1, 0.15) is 0 Å². The summed E-state index contributed by atoms with van der Waals surface area (Å²) >= 11 is 0. The number of carbonyl (C=O) groups is 1. The largest absolute Gasteiger partial charge is 0.355 e. The second-order valence-electron chi connectivity index (χ2n) is 7.37. The van der Waals surface area contributed by atoms with Crippen LogP contribution < -0.4 is 5.32 Å². The zero-order valence-corrected chi connectivity index (χ0v) is 16.3. The molecule has 1 N–H and O–H groups in total. The van der Waals surface area contributed by atoms with Crippen molar-refractivity contribution < 1.29 is 4.79 Å². The SMILES string of the molecule is CN=C(NCC1(C(=O)N(C)C)CCCC1)N(C)Cc1ccccc1C. The number of hydrogen-bond donors (Lipinski definition) is 1. The maximum Gasteiger partial charge on any atom is 0.230 e. The fraction of sp³-hybridized carbons (Fsp3) is 0.600. The number of amides is 1. The Balaban J connectivity index is 2.03. The molecule has 0 spiro atoms. The normalized spacial score (nSPS) is 16.6. The van der Waals surface area contributed by atoms with Gasteiger partial charge in [0.05, 0.1) is 5.41 Å². The fourth-order valence-corrected chi connectivity index (χ4v) is 3.74. The first-order valence-corrected chi connectivity index (χ1v) is 9.08. The van der Waals surface area contributed by atoms with Crippen LogP contribution in [-0.4, -0.2) is 56.4 Å². The van der Waals surface area contributed by atoms with E-state index < -0.39 is 0 Å². The Bertz CT molecular complexity index is 618. The van der Waals surface area contributed by atoms with Crippen molar-refractivity contribution in [1.29, 1.82) is 0 Å². The molecule has 0 bridgehead atoms. The highest BCUT2D eigenvalue weighted by molar-refractivity contribution is 5.85. The van der Waals surface area contributed by atoms with E-state index in [0.29, 0.717) is 6.54 Å². The second kappa shape index (κ2) is 8.37. The predicted molar refractivity (Wildman–Crippen MR) is 104 cm³/mol. The molecule has 1 aromatic carbocycles. The third-order valence-corrected chi connectivity index (χ3v) is 5.25. The van der Waals surface area contributed by atoms with Crippen LogP contribution in [0.4, 0.5) is 0 Å². The van der Waals surface area contributed by atoms with E-state index >= 15 is 0 Å². The molecule has 0 saturated heterocycles. The number of rotatable bonds is 5. The highest BCUT2D eigenvalue weighted by Gasteiger charge is 2.42. The van der Waals surface area contributed by atoms with Gasteiger partial charge in [-0.25, -0.2) is 0 Å². The van der Waals surface area contributed by atoms with Gasteiger partial charge in [-0.15, -0.1) is 0 Å². The zero-order chi connectivity index (χ0) is 18.4. The first kappa shape index (κ1) is 19.3. The lowest BCUT2D eigenvalue weighted by molar-refractivity contribution is -0.138. The monoisotopic (exact) mass is 344 g/mol. The van der Waals surface area contributed by atoms with E-state index in [0.717, 1.165) is 38.2 Å². The lowest BCUT2D eigenvalue weighted by Gasteiger charge is -2.32. The van der Waals surface area contributed by atoms with E-state index in [1.165, 1.54) is 11.1 Å². The minimum atomic E-state index is -0.289. The molecule has 1 fully saturated rings. The number of nitrogens with zero attached hydrogens (tertiary/aromatic N) is 3. The summed E-state index contributed by atoms with van der Waals surface area (Å²) in [4.78, 5) is 21.0. The van der Waals surface area contributed by atoms with Crippen LogP contribution in [0.1, 0.15) is 36.8 Å². The van der Waals surface area contributed by atoms with E-state index in [1.54, 1.807) is 11.9 Å². The molecule has 138 valence electrons. The lowest BCUT2D eigenvalue weighted by Crippen LogP contribution is -2.49. The number of hydrogen-bond acceptors (Lipinski definition) is 2. The average Bonchev–Trinajstić information content (AvgIpc) is 3.06. The topological polar surface area (TPSA) is 47.9 Å². The molecule has 25 heavy (non-hydrogen) atoms. The number of carbonyl (C=O) groups excluding carboxylic acids is 1. The highest BCUT2D eigenvalue weighted by atomic mass is 16.2. The molecule has 0 heterocycles. The number of aliphatic imine (C=N–C) groups is 1. The van der Waals surface area contributed by atoms with E-state index in [1.807, 2.05) is 21.1 Å². The Labute approximate surface area is 152 Å². The summed E-state index contributed by atoms with van der Waals surface area (Å²) in [6.45, 7) is 3.57. The lowest BCUT2D eigenvalue weighted by atomic mass is 9.84. The van der Waals surface area contributed by atoms with Gasteiger partial charge in [0.25, 0.3) is 0 Å². The molecule has 1 aliphatic rings. The third kappa shape index (κ3) is 4.53. The van der Waals surface area contributed by atoms with Gasteiger partial charge in [0.2, 0.25) is 5.91 Å². The van der Waals surface area contributed by atoms with Gasteiger partial charge in [-0.1, -0.05) is 37.1 Å². The van der Waals surface area contributed by atoms with Gasteiger partial charge in [0, 0.05) is 41.3 Å². The summed E-state index contributed by atoms with van der Waals surface area (Å²) in [5.74, 6) is 1.07. The first-order valence-electron chi connectivity index (χ1n) is 9.08. The molecule has 1 amide bonds. The molecule has 0 aromatic heterocycles. The maximum atomic E-state index is 12.7. The summed E-state index contributed by atoms with van der Waals surface area (Å²) in [5.41, 5.74) is 2.27. The Morgan fingerprint density at radius 3 is 2.40 bits per heavy atom.